The molecule has 3 rings (SSSR count). The van der Waals surface area contributed by atoms with Gasteiger partial charge in [0.25, 0.3) is 0 Å². The van der Waals surface area contributed by atoms with Crippen molar-refractivity contribution < 1.29 is 35.8 Å². The summed E-state index contributed by atoms with van der Waals surface area (Å²) in [5, 5.41) is -3.80. The summed E-state index contributed by atoms with van der Waals surface area (Å²) in [5.74, 6) is -0.813. The zero-order valence-electron chi connectivity index (χ0n) is 16.6. The highest BCUT2D eigenvalue weighted by Gasteiger charge is 2.33. The van der Waals surface area contributed by atoms with Crippen LogP contribution in [0, 0.1) is 5.82 Å². The molecular weight excluding hydrogens is 470 g/mol. The van der Waals surface area contributed by atoms with Crippen molar-refractivity contribution in [2.24, 2.45) is 0 Å². The van der Waals surface area contributed by atoms with E-state index in [0.29, 0.717) is 11.3 Å². The Balaban J connectivity index is 1.82. The molecule has 0 saturated heterocycles. The van der Waals surface area contributed by atoms with Crippen LogP contribution in [0.5, 0.6) is 17.2 Å². The van der Waals surface area contributed by atoms with Crippen LogP contribution in [0.15, 0.2) is 84.9 Å². The fraction of sp³-hybridized carbons (Fsp3) is 0.0833. The van der Waals surface area contributed by atoms with E-state index in [2.05, 4.69) is 4.74 Å². The Bertz CT molecular complexity index is 1130. The van der Waals surface area contributed by atoms with Gasteiger partial charge in [-0.3, -0.25) is 0 Å². The summed E-state index contributed by atoms with van der Waals surface area (Å²) in [6.07, 6.45) is -1.22. The zero-order valence-corrected chi connectivity index (χ0v) is 17.4. The normalized spacial score (nSPS) is 12.8. The molecule has 9 heteroatoms. The van der Waals surface area contributed by atoms with Crippen LogP contribution in [0.2, 0.25) is 0 Å². The summed E-state index contributed by atoms with van der Waals surface area (Å²) < 4.78 is 87.9. The lowest BCUT2D eigenvalue weighted by atomic mass is 10.0. The Morgan fingerprint density at radius 3 is 2.09 bits per heavy atom. The number of halogens is 7. The predicted molar refractivity (Wildman–Crippen MR) is 114 cm³/mol. The molecule has 0 amide bonds. The summed E-state index contributed by atoms with van der Waals surface area (Å²) in [5.41, 5.74) is -0.312. The van der Waals surface area contributed by atoms with Crippen LogP contribution in [0.25, 0.3) is 11.6 Å². The number of benzene rings is 3. The van der Waals surface area contributed by atoms with Gasteiger partial charge in [0.15, 0.2) is 11.6 Å². The topological polar surface area (TPSA) is 18.5 Å². The fourth-order valence-electron chi connectivity index (χ4n) is 2.76. The monoisotopic (exact) mass is 484 g/mol. The first kappa shape index (κ1) is 24.3. The molecule has 0 spiro atoms. The first-order chi connectivity index (χ1) is 15.5. The molecule has 0 atom stereocenters. The van der Waals surface area contributed by atoms with Crippen molar-refractivity contribution in [3.8, 4) is 17.2 Å². The summed E-state index contributed by atoms with van der Waals surface area (Å²) in [6, 6.07) is 16.3. The number of hydrogen-bond donors (Lipinski definition) is 0. The second-order valence-corrected chi connectivity index (χ2v) is 7.09. The van der Waals surface area contributed by atoms with Crippen LogP contribution in [0.3, 0.4) is 0 Å². The number of ether oxygens (including phenoxy) is 2. The molecule has 0 saturated carbocycles. The standard InChI is InChI=1S/C24H15ClF6O2/c25-23(27,28)20(17-10-12-19(13-11-17)33-24(29,30)31)8-4-5-16-9-14-21(26)22(15-16)32-18-6-2-1-3-7-18/h1-15H. The van der Waals surface area contributed by atoms with Crippen LogP contribution < -0.4 is 9.47 Å². The van der Waals surface area contributed by atoms with E-state index < -0.39 is 28.9 Å². The maximum absolute atomic E-state index is 14.1. The average Bonchev–Trinajstić information content (AvgIpc) is 2.73. The highest BCUT2D eigenvalue weighted by atomic mass is 35.5. The minimum atomic E-state index is -4.91. The van der Waals surface area contributed by atoms with Gasteiger partial charge >= 0.3 is 11.7 Å². The minimum absolute atomic E-state index is 0.0597. The van der Waals surface area contributed by atoms with Crippen molar-refractivity contribution in [3.05, 3.63) is 102 Å². The highest BCUT2D eigenvalue weighted by Crippen LogP contribution is 2.37. The van der Waals surface area contributed by atoms with E-state index in [-0.39, 0.29) is 11.3 Å². The molecule has 0 heterocycles. The van der Waals surface area contributed by atoms with E-state index in [4.69, 9.17) is 16.3 Å². The molecule has 0 aliphatic heterocycles. The Hall–Kier alpha value is -3.39. The van der Waals surface area contributed by atoms with E-state index in [1.807, 2.05) is 0 Å². The molecule has 0 bridgehead atoms. The van der Waals surface area contributed by atoms with Crippen LogP contribution in [0.4, 0.5) is 26.3 Å². The largest absolute Gasteiger partial charge is 0.573 e. The van der Waals surface area contributed by atoms with Crippen LogP contribution in [-0.4, -0.2) is 11.7 Å². The molecular formula is C24H15ClF6O2. The second kappa shape index (κ2) is 10.0. The van der Waals surface area contributed by atoms with Crippen molar-refractivity contribution in [2.45, 2.75) is 11.7 Å². The van der Waals surface area contributed by atoms with Crippen LogP contribution >= 0.6 is 11.6 Å². The fourth-order valence-corrected chi connectivity index (χ4v) is 2.94. The van der Waals surface area contributed by atoms with E-state index in [1.54, 1.807) is 30.3 Å². The van der Waals surface area contributed by atoms with Gasteiger partial charge in [0.2, 0.25) is 0 Å². The third-order valence-corrected chi connectivity index (χ3v) is 4.39. The van der Waals surface area contributed by atoms with Gasteiger partial charge < -0.3 is 9.47 Å². The molecule has 3 aromatic rings. The number of hydrogen-bond acceptors (Lipinski definition) is 2. The molecule has 0 unspecified atom stereocenters. The zero-order chi connectivity index (χ0) is 24.1. The minimum Gasteiger partial charge on any atom is -0.454 e. The highest BCUT2D eigenvalue weighted by molar-refractivity contribution is 6.27. The lowest BCUT2D eigenvalue weighted by molar-refractivity contribution is -0.274. The van der Waals surface area contributed by atoms with Crippen LogP contribution in [-0.2, 0) is 0 Å². The van der Waals surface area contributed by atoms with Gasteiger partial charge in [0.1, 0.15) is 11.5 Å². The maximum atomic E-state index is 14.1. The summed E-state index contributed by atoms with van der Waals surface area (Å²) in [4.78, 5) is 0. The molecule has 0 N–H and O–H groups in total. The lowest BCUT2D eigenvalue weighted by Gasteiger charge is -2.14. The van der Waals surface area contributed by atoms with Crippen molar-refractivity contribution in [1.29, 1.82) is 0 Å². The summed E-state index contributed by atoms with van der Waals surface area (Å²) in [7, 11) is 0. The Kier molecular flexibility index (Phi) is 7.38. The Morgan fingerprint density at radius 2 is 1.48 bits per heavy atom. The SMILES string of the molecule is Fc1ccc(C=CC=C(c2ccc(OC(F)(F)F)cc2)C(F)(F)Cl)cc1Oc1ccccc1. The van der Waals surface area contributed by atoms with Gasteiger partial charge in [-0.1, -0.05) is 54.6 Å². The molecule has 3 aromatic carbocycles. The van der Waals surface area contributed by atoms with E-state index >= 15 is 0 Å². The van der Waals surface area contributed by atoms with E-state index in [0.717, 1.165) is 36.4 Å². The van der Waals surface area contributed by atoms with Crippen molar-refractivity contribution in [1.82, 2.24) is 0 Å². The molecule has 0 aliphatic rings. The number of allylic oxidation sites excluding steroid dienone is 3. The van der Waals surface area contributed by atoms with Gasteiger partial charge in [-0.25, -0.2) is 4.39 Å². The van der Waals surface area contributed by atoms with Gasteiger partial charge in [-0.2, -0.15) is 8.78 Å². The smallest absolute Gasteiger partial charge is 0.454 e. The van der Waals surface area contributed by atoms with Gasteiger partial charge in [-0.15, -0.1) is 13.2 Å². The van der Waals surface area contributed by atoms with Crippen molar-refractivity contribution in [2.75, 3.05) is 0 Å². The molecule has 0 aliphatic carbocycles. The Labute approximate surface area is 190 Å². The van der Waals surface area contributed by atoms with Crippen LogP contribution in [0.1, 0.15) is 11.1 Å². The van der Waals surface area contributed by atoms with Crippen molar-refractivity contribution >= 4 is 23.3 Å². The lowest BCUT2D eigenvalue weighted by Crippen LogP contribution is -2.17. The number of para-hydroxylation sites is 1. The molecule has 33 heavy (non-hydrogen) atoms. The molecule has 0 radical (unpaired) electrons. The third kappa shape index (κ3) is 7.32. The van der Waals surface area contributed by atoms with Gasteiger partial charge in [0, 0.05) is 5.57 Å². The summed E-state index contributed by atoms with van der Waals surface area (Å²) in [6.45, 7) is 0. The van der Waals surface area contributed by atoms with Crippen molar-refractivity contribution in [3.63, 3.8) is 0 Å². The molecule has 172 valence electrons. The van der Waals surface area contributed by atoms with Gasteiger partial charge in [-0.05, 0) is 59.1 Å². The number of alkyl halides is 6. The summed E-state index contributed by atoms with van der Waals surface area (Å²) >= 11 is 5.18. The maximum Gasteiger partial charge on any atom is 0.573 e. The Morgan fingerprint density at radius 1 is 0.818 bits per heavy atom. The van der Waals surface area contributed by atoms with E-state index in [9.17, 15) is 26.3 Å². The predicted octanol–water partition coefficient (Wildman–Crippen LogP) is 8.45. The van der Waals surface area contributed by atoms with Gasteiger partial charge in [0.05, 0.1) is 0 Å². The average molecular weight is 485 g/mol. The first-order valence-corrected chi connectivity index (χ1v) is 9.73. The van der Waals surface area contributed by atoms with E-state index in [1.165, 1.54) is 24.3 Å². The number of rotatable bonds is 7. The quantitative estimate of drug-likeness (QED) is 0.190. The second-order valence-electron chi connectivity index (χ2n) is 6.61. The molecule has 2 nitrogen and oxygen atoms in total. The first-order valence-electron chi connectivity index (χ1n) is 9.35. The molecule has 0 fully saturated rings. The third-order valence-electron chi connectivity index (χ3n) is 4.18. The molecule has 0 aromatic heterocycles.